The smallest absolute Gasteiger partial charge is 0.170 e. The van der Waals surface area contributed by atoms with Crippen molar-refractivity contribution in [1.82, 2.24) is 19.8 Å². The summed E-state index contributed by atoms with van der Waals surface area (Å²) < 4.78 is 2.25. The molecule has 3 rings (SSSR count). The maximum atomic E-state index is 5.65. The largest absolute Gasteiger partial charge is 0.352 e. The first-order chi connectivity index (χ1) is 11.5. The maximum absolute atomic E-state index is 5.65. The summed E-state index contributed by atoms with van der Waals surface area (Å²) in [4.78, 5) is 6.89. The van der Waals surface area contributed by atoms with Crippen LogP contribution in [0.25, 0.3) is 0 Å². The summed E-state index contributed by atoms with van der Waals surface area (Å²) in [7, 11) is 0. The third kappa shape index (κ3) is 3.31. The van der Waals surface area contributed by atoms with Crippen LogP contribution < -0.4 is 5.32 Å². The summed E-state index contributed by atoms with van der Waals surface area (Å²) >= 11 is 5.65. The van der Waals surface area contributed by atoms with Crippen LogP contribution in [-0.2, 0) is 0 Å². The highest BCUT2D eigenvalue weighted by Gasteiger charge is 2.40. The Labute approximate surface area is 149 Å². The topological polar surface area (TPSA) is 33.1 Å². The monoisotopic (exact) mass is 342 g/mol. The summed E-state index contributed by atoms with van der Waals surface area (Å²) in [6, 6.07) is 8.98. The fourth-order valence-corrected chi connectivity index (χ4v) is 3.60. The van der Waals surface area contributed by atoms with E-state index in [1.807, 2.05) is 18.3 Å². The number of thiocarbonyl (C=S) groups is 1. The van der Waals surface area contributed by atoms with Crippen molar-refractivity contribution < 1.29 is 0 Å². The van der Waals surface area contributed by atoms with Gasteiger partial charge in [-0.05, 0) is 55.7 Å². The highest BCUT2D eigenvalue weighted by Crippen LogP contribution is 2.39. The molecule has 0 spiro atoms. The van der Waals surface area contributed by atoms with E-state index in [1.165, 1.54) is 5.56 Å². The zero-order valence-corrected chi connectivity index (χ0v) is 15.6. The van der Waals surface area contributed by atoms with Gasteiger partial charge in [0.15, 0.2) is 5.11 Å². The number of nitrogens with one attached hydrogen (secondary N) is 1. The molecule has 0 saturated carbocycles. The van der Waals surface area contributed by atoms with Crippen LogP contribution >= 0.6 is 12.2 Å². The van der Waals surface area contributed by atoms with Gasteiger partial charge < -0.3 is 14.8 Å². The molecule has 128 valence electrons. The van der Waals surface area contributed by atoms with Crippen LogP contribution in [0.4, 0.5) is 0 Å². The van der Waals surface area contributed by atoms with Crippen LogP contribution in [0.15, 0.2) is 42.9 Å². The van der Waals surface area contributed by atoms with Gasteiger partial charge >= 0.3 is 0 Å². The van der Waals surface area contributed by atoms with Gasteiger partial charge in [0, 0.05) is 31.2 Å². The third-order valence-corrected chi connectivity index (χ3v) is 4.79. The highest BCUT2D eigenvalue weighted by atomic mass is 32.1. The van der Waals surface area contributed by atoms with Crippen LogP contribution in [0, 0.1) is 5.92 Å². The van der Waals surface area contributed by atoms with Crippen molar-refractivity contribution in [1.29, 1.82) is 0 Å². The maximum Gasteiger partial charge on any atom is 0.170 e. The second-order valence-electron chi connectivity index (χ2n) is 7.16. The molecule has 0 aliphatic carbocycles. The SMILES string of the molecule is CC(C)CN1C(=S)N[C@@H](c2ccccn2)[C@H]1c1ccn(C(C)C)c1. The molecule has 2 aromatic rings. The summed E-state index contributed by atoms with van der Waals surface area (Å²) in [6.07, 6.45) is 6.25. The average molecular weight is 343 g/mol. The lowest BCUT2D eigenvalue weighted by molar-refractivity contribution is 0.287. The zero-order valence-electron chi connectivity index (χ0n) is 14.8. The first-order valence-electron chi connectivity index (χ1n) is 8.62. The number of pyridine rings is 1. The Kier molecular flexibility index (Phi) is 4.90. The fourth-order valence-electron chi connectivity index (χ4n) is 3.29. The Hall–Kier alpha value is -1.88. The van der Waals surface area contributed by atoms with E-state index in [1.54, 1.807) is 0 Å². The molecule has 0 radical (unpaired) electrons. The molecular formula is C19H26N4S. The quantitative estimate of drug-likeness (QED) is 0.830. The summed E-state index contributed by atoms with van der Waals surface area (Å²) in [5.41, 5.74) is 2.32. The number of nitrogens with zero attached hydrogens (tertiary/aromatic N) is 3. The molecule has 1 saturated heterocycles. The van der Waals surface area contributed by atoms with Gasteiger partial charge in [0.25, 0.3) is 0 Å². The molecule has 0 unspecified atom stereocenters. The van der Waals surface area contributed by atoms with Crippen molar-refractivity contribution in [2.45, 2.75) is 45.8 Å². The van der Waals surface area contributed by atoms with E-state index in [9.17, 15) is 0 Å². The Morgan fingerprint density at radius 2 is 2.00 bits per heavy atom. The van der Waals surface area contributed by atoms with Crippen LogP contribution in [0.5, 0.6) is 0 Å². The minimum Gasteiger partial charge on any atom is -0.352 e. The minimum absolute atomic E-state index is 0.0838. The lowest BCUT2D eigenvalue weighted by Gasteiger charge is -2.28. The minimum atomic E-state index is 0.0838. The molecule has 1 N–H and O–H groups in total. The van der Waals surface area contributed by atoms with Crippen molar-refractivity contribution in [3.05, 3.63) is 54.1 Å². The van der Waals surface area contributed by atoms with Crippen LogP contribution in [0.2, 0.25) is 0 Å². The predicted octanol–water partition coefficient (Wildman–Crippen LogP) is 4.09. The van der Waals surface area contributed by atoms with Gasteiger partial charge in [-0.1, -0.05) is 19.9 Å². The van der Waals surface area contributed by atoms with Crippen LogP contribution in [0.1, 0.15) is 57.1 Å². The predicted molar refractivity (Wildman–Crippen MR) is 102 cm³/mol. The van der Waals surface area contributed by atoms with E-state index >= 15 is 0 Å². The summed E-state index contributed by atoms with van der Waals surface area (Å²) in [5.74, 6) is 0.543. The molecule has 1 aliphatic heterocycles. The molecule has 3 heterocycles. The zero-order chi connectivity index (χ0) is 17.3. The number of rotatable bonds is 5. The molecule has 24 heavy (non-hydrogen) atoms. The molecule has 5 heteroatoms. The molecule has 2 aromatic heterocycles. The van der Waals surface area contributed by atoms with E-state index in [2.05, 4.69) is 72.0 Å². The van der Waals surface area contributed by atoms with Gasteiger partial charge in [-0.25, -0.2) is 0 Å². The second-order valence-corrected chi connectivity index (χ2v) is 7.55. The number of hydrogen-bond acceptors (Lipinski definition) is 2. The van der Waals surface area contributed by atoms with Crippen molar-refractivity contribution in [2.24, 2.45) is 5.92 Å². The average Bonchev–Trinajstić information content (AvgIpc) is 3.14. The molecule has 0 aromatic carbocycles. The lowest BCUT2D eigenvalue weighted by atomic mass is 9.98. The Bertz CT molecular complexity index is 692. The molecule has 0 amide bonds. The fraction of sp³-hybridized carbons (Fsp3) is 0.474. The van der Waals surface area contributed by atoms with Crippen LogP contribution in [0.3, 0.4) is 0 Å². The first-order valence-corrected chi connectivity index (χ1v) is 9.03. The van der Waals surface area contributed by atoms with E-state index in [4.69, 9.17) is 12.2 Å². The van der Waals surface area contributed by atoms with Crippen molar-refractivity contribution >= 4 is 17.3 Å². The van der Waals surface area contributed by atoms with Gasteiger partial charge in [-0.15, -0.1) is 0 Å². The van der Waals surface area contributed by atoms with Crippen LogP contribution in [-0.4, -0.2) is 26.1 Å². The number of hydrogen-bond donors (Lipinski definition) is 1. The van der Waals surface area contributed by atoms with Crippen molar-refractivity contribution in [3.63, 3.8) is 0 Å². The molecule has 0 bridgehead atoms. The molecule has 4 nitrogen and oxygen atoms in total. The Morgan fingerprint density at radius 1 is 1.21 bits per heavy atom. The van der Waals surface area contributed by atoms with E-state index in [-0.39, 0.29) is 12.1 Å². The first kappa shape index (κ1) is 17.0. The van der Waals surface area contributed by atoms with Crippen molar-refractivity contribution in [2.75, 3.05) is 6.54 Å². The summed E-state index contributed by atoms with van der Waals surface area (Å²) in [6.45, 7) is 9.79. The Balaban J connectivity index is 2.00. The number of aromatic nitrogens is 2. The van der Waals surface area contributed by atoms with Gasteiger partial charge in [0.1, 0.15) is 0 Å². The van der Waals surface area contributed by atoms with E-state index in [0.29, 0.717) is 12.0 Å². The molecule has 2 atom stereocenters. The molecule has 1 aliphatic rings. The van der Waals surface area contributed by atoms with E-state index < -0.39 is 0 Å². The third-order valence-electron chi connectivity index (χ3n) is 4.43. The van der Waals surface area contributed by atoms with E-state index in [0.717, 1.165) is 17.4 Å². The van der Waals surface area contributed by atoms with Gasteiger partial charge in [-0.3, -0.25) is 4.98 Å². The van der Waals surface area contributed by atoms with Crippen molar-refractivity contribution in [3.8, 4) is 0 Å². The van der Waals surface area contributed by atoms with Gasteiger partial charge in [0.2, 0.25) is 0 Å². The lowest BCUT2D eigenvalue weighted by Crippen LogP contribution is -2.32. The molecular weight excluding hydrogens is 316 g/mol. The second kappa shape index (κ2) is 6.93. The van der Waals surface area contributed by atoms with Gasteiger partial charge in [0.05, 0.1) is 17.8 Å². The Morgan fingerprint density at radius 3 is 2.58 bits per heavy atom. The molecule has 1 fully saturated rings. The highest BCUT2D eigenvalue weighted by molar-refractivity contribution is 7.80. The van der Waals surface area contributed by atoms with Gasteiger partial charge in [-0.2, -0.15) is 0 Å². The normalized spacial score (nSPS) is 20.9. The standard InChI is InChI=1S/C19H26N4S/c1-13(2)11-23-18(15-8-10-22(12-15)14(3)4)17(21-19(23)24)16-7-5-6-9-20-16/h5-10,12-14,17-18H,11H2,1-4H3,(H,21,24)/t17-,18+/m0/s1. The summed E-state index contributed by atoms with van der Waals surface area (Å²) in [5, 5.41) is 4.32.